The first-order chi connectivity index (χ1) is 9.66. The van der Waals surface area contributed by atoms with Crippen LogP contribution in [0.15, 0.2) is 5.38 Å². The minimum atomic E-state index is -5.12. The van der Waals surface area contributed by atoms with E-state index in [4.69, 9.17) is 0 Å². The predicted molar refractivity (Wildman–Crippen MR) is 69.7 cm³/mol. The summed E-state index contributed by atoms with van der Waals surface area (Å²) in [6.45, 7) is 2.95. The van der Waals surface area contributed by atoms with Crippen LogP contribution in [0.25, 0.3) is 0 Å². The van der Waals surface area contributed by atoms with E-state index >= 15 is 0 Å². The minimum absolute atomic E-state index is 0.161. The Morgan fingerprint density at radius 3 is 2.43 bits per heavy atom. The average molecular weight is 325 g/mol. The SMILES string of the molecule is CCC(=O)N[C@](Nc1nc(C)cs1)(C(=O)OC)C(F)(F)F. The van der Waals surface area contributed by atoms with Gasteiger partial charge in [0.25, 0.3) is 0 Å². The van der Waals surface area contributed by atoms with E-state index in [9.17, 15) is 22.8 Å². The number of thiazole rings is 1. The minimum Gasteiger partial charge on any atom is -0.466 e. The van der Waals surface area contributed by atoms with Crippen molar-refractivity contribution in [1.29, 1.82) is 0 Å². The van der Waals surface area contributed by atoms with Crippen LogP contribution < -0.4 is 10.6 Å². The summed E-state index contributed by atoms with van der Waals surface area (Å²) in [5, 5.41) is 4.93. The first-order valence-corrected chi connectivity index (χ1v) is 6.70. The lowest BCUT2D eigenvalue weighted by Crippen LogP contribution is -2.69. The number of aromatic nitrogens is 1. The molecule has 0 saturated heterocycles. The van der Waals surface area contributed by atoms with Gasteiger partial charge in [-0.3, -0.25) is 4.79 Å². The van der Waals surface area contributed by atoms with E-state index in [1.807, 2.05) is 5.32 Å². The van der Waals surface area contributed by atoms with Gasteiger partial charge in [-0.2, -0.15) is 13.2 Å². The number of aryl methyl sites for hydroxylation is 1. The van der Waals surface area contributed by atoms with Gasteiger partial charge in [-0.25, -0.2) is 9.78 Å². The fraction of sp³-hybridized carbons (Fsp3) is 0.545. The molecule has 118 valence electrons. The number of alkyl halides is 3. The first-order valence-electron chi connectivity index (χ1n) is 5.82. The van der Waals surface area contributed by atoms with Crippen molar-refractivity contribution in [2.24, 2.45) is 0 Å². The molecule has 0 unspecified atom stereocenters. The quantitative estimate of drug-likeness (QED) is 0.638. The van der Waals surface area contributed by atoms with Crippen LogP contribution in [-0.2, 0) is 14.3 Å². The molecule has 10 heteroatoms. The molecule has 0 aliphatic rings. The first kappa shape index (κ1) is 17.2. The van der Waals surface area contributed by atoms with Crippen LogP contribution in [0.2, 0.25) is 0 Å². The maximum absolute atomic E-state index is 13.4. The molecule has 1 heterocycles. The predicted octanol–water partition coefficient (Wildman–Crippen LogP) is 1.82. The Morgan fingerprint density at radius 1 is 1.43 bits per heavy atom. The molecule has 2 N–H and O–H groups in total. The number of nitrogens with zero attached hydrogens (tertiary/aromatic N) is 1. The van der Waals surface area contributed by atoms with Gasteiger partial charge in [0, 0.05) is 11.8 Å². The summed E-state index contributed by atoms with van der Waals surface area (Å²) in [7, 11) is 0.801. The Balaban J connectivity index is 3.29. The van der Waals surface area contributed by atoms with Crippen molar-refractivity contribution in [3.8, 4) is 0 Å². The van der Waals surface area contributed by atoms with E-state index in [0.29, 0.717) is 5.69 Å². The van der Waals surface area contributed by atoms with Gasteiger partial charge >= 0.3 is 17.8 Å². The molecule has 0 radical (unpaired) electrons. The average Bonchev–Trinajstić information content (AvgIpc) is 2.80. The van der Waals surface area contributed by atoms with Gasteiger partial charge < -0.3 is 15.4 Å². The van der Waals surface area contributed by atoms with E-state index < -0.39 is 23.7 Å². The number of halogens is 3. The number of nitrogens with one attached hydrogen (secondary N) is 2. The number of hydrogen-bond donors (Lipinski definition) is 2. The van der Waals surface area contributed by atoms with Crippen LogP contribution in [0.5, 0.6) is 0 Å². The van der Waals surface area contributed by atoms with Crippen molar-refractivity contribution < 1.29 is 27.5 Å². The van der Waals surface area contributed by atoms with Crippen molar-refractivity contribution in [2.45, 2.75) is 32.1 Å². The Kier molecular flexibility index (Phi) is 5.15. The summed E-state index contributed by atoms with van der Waals surface area (Å²) in [4.78, 5) is 26.9. The smallest absolute Gasteiger partial charge is 0.442 e. The zero-order valence-electron chi connectivity index (χ0n) is 11.5. The molecule has 1 rings (SSSR count). The molecule has 1 aromatic rings. The van der Waals surface area contributed by atoms with Crippen molar-refractivity contribution >= 4 is 28.3 Å². The van der Waals surface area contributed by atoms with E-state index in [0.717, 1.165) is 18.4 Å². The van der Waals surface area contributed by atoms with Crippen molar-refractivity contribution in [3.63, 3.8) is 0 Å². The molecule has 0 saturated carbocycles. The number of methoxy groups -OCH3 is 1. The lowest BCUT2D eigenvalue weighted by molar-refractivity contribution is -0.206. The summed E-state index contributed by atoms with van der Waals surface area (Å²) in [6.07, 6.45) is -5.35. The molecule has 21 heavy (non-hydrogen) atoms. The number of hydrogen-bond acceptors (Lipinski definition) is 6. The van der Waals surface area contributed by atoms with Crippen LogP contribution in [0.4, 0.5) is 18.3 Å². The summed E-state index contributed by atoms with van der Waals surface area (Å²) >= 11 is 0.874. The standard InChI is InChI=1S/C11H14F3N3O3S/c1-4-7(18)16-10(8(19)20-3,11(12,13)14)17-9-15-6(2)5-21-9/h5H,4H2,1-3H3,(H,15,17)(H,16,18)/t10-/m0/s1. The van der Waals surface area contributed by atoms with Gasteiger partial charge in [0.05, 0.1) is 12.8 Å². The number of ether oxygens (including phenoxy) is 1. The number of carbonyl (C=O) groups excluding carboxylic acids is 2. The monoisotopic (exact) mass is 325 g/mol. The highest BCUT2D eigenvalue weighted by molar-refractivity contribution is 7.13. The third-order valence-electron chi connectivity index (χ3n) is 2.48. The molecule has 1 atom stereocenters. The Hall–Kier alpha value is -1.84. The molecular formula is C11H14F3N3O3S. The van der Waals surface area contributed by atoms with Crippen LogP contribution in [0.1, 0.15) is 19.0 Å². The number of esters is 1. The lowest BCUT2D eigenvalue weighted by Gasteiger charge is -2.33. The van der Waals surface area contributed by atoms with Gasteiger partial charge in [-0.15, -0.1) is 11.3 Å². The van der Waals surface area contributed by atoms with E-state index in [2.05, 4.69) is 9.72 Å². The highest BCUT2D eigenvalue weighted by Gasteiger charge is 2.63. The molecule has 1 amide bonds. The van der Waals surface area contributed by atoms with Crippen LogP contribution in [0.3, 0.4) is 0 Å². The second kappa shape index (κ2) is 6.29. The van der Waals surface area contributed by atoms with Gasteiger partial charge in [0.15, 0.2) is 5.13 Å². The summed E-state index contributed by atoms with van der Waals surface area (Å²) in [6, 6.07) is 0. The Morgan fingerprint density at radius 2 is 2.05 bits per heavy atom. The van der Waals surface area contributed by atoms with E-state index in [1.54, 1.807) is 12.2 Å². The van der Waals surface area contributed by atoms with Gasteiger partial charge in [0.1, 0.15) is 0 Å². The fourth-order valence-corrected chi connectivity index (χ4v) is 2.16. The number of carbonyl (C=O) groups is 2. The molecular weight excluding hydrogens is 311 g/mol. The Bertz CT molecular complexity index is 532. The second-order valence-electron chi connectivity index (χ2n) is 4.06. The van der Waals surface area contributed by atoms with Crippen molar-refractivity contribution in [3.05, 3.63) is 11.1 Å². The fourth-order valence-electron chi connectivity index (χ4n) is 1.41. The van der Waals surface area contributed by atoms with E-state index in [1.165, 1.54) is 12.3 Å². The Labute approximate surface area is 122 Å². The second-order valence-corrected chi connectivity index (χ2v) is 4.92. The van der Waals surface area contributed by atoms with Crippen LogP contribution >= 0.6 is 11.3 Å². The summed E-state index contributed by atoms with van der Waals surface area (Å²) < 4.78 is 44.4. The molecule has 0 bridgehead atoms. The molecule has 0 fully saturated rings. The molecule has 6 nitrogen and oxygen atoms in total. The molecule has 1 aromatic heterocycles. The topological polar surface area (TPSA) is 80.3 Å². The maximum atomic E-state index is 13.4. The normalized spacial score (nSPS) is 14.2. The third-order valence-corrected chi connectivity index (χ3v) is 3.35. The maximum Gasteiger partial charge on any atom is 0.442 e. The highest BCUT2D eigenvalue weighted by Crippen LogP contribution is 2.34. The lowest BCUT2D eigenvalue weighted by atomic mass is 10.1. The van der Waals surface area contributed by atoms with Gasteiger partial charge in [0.2, 0.25) is 5.91 Å². The molecule has 0 aliphatic heterocycles. The number of anilines is 1. The summed E-state index contributed by atoms with van der Waals surface area (Å²) in [5.74, 6) is -2.64. The summed E-state index contributed by atoms with van der Waals surface area (Å²) in [5.41, 5.74) is -2.90. The number of rotatable bonds is 5. The van der Waals surface area contributed by atoms with Crippen LogP contribution in [0, 0.1) is 6.92 Å². The molecule has 0 aromatic carbocycles. The zero-order chi connectivity index (χ0) is 16.3. The van der Waals surface area contributed by atoms with Crippen molar-refractivity contribution in [1.82, 2.24) is 10.3 Å². The number of amides is 1. The van der Waals surface area contributed by atoms with Crippen LogP contribution in [-0.4, -0.2) is 35.8 Å². The van der Waals surface area contributed by atoms with Gasteiger partial charge in [-0.1, -0.05) is 6.92 Å². The van der Waals surface area contributed by atoms with Gasteiger partial charge in [-0.05, 0) is 6.92 Å². The largest absolute Gasteiger partial charge is 0.466 e. The molecule has 0 aliphatic carbocycles. The highest BCUT2D eigenvalue weighted by atomic mass is 32.1. The zero-order valence-corrected chi connectivity index (χ0v) is 12.3. The van der Waals surface area contributed by atoms with Crippen molar-refractivity contribution in [2.75, 3.05) is 12.4 Å². The third kappa shape index (κ3) is 3.63. The van der Waals surface area contributed by atoms with E-state index in [-0.39, 0.29) is 11.6 Å². The molecule has 0 spiro atoms.